The van der Waals surface area contributed by atoms with E-state index in [9.17, 15) is 4.79 Å². The number of ether oxygens (including phenoxy) is 1. The van der Waals surface area contributed by atoms with E-state index in [-0.39, 0.29) is 11.9 Å². The summed E-state index contributed by atoms with van der Waals surface area (Å²) in [5, 5.41) is 3.42. The SMILES string of the molecule is COC(=O)C(C)CC(C)NCCC(C)C. The first kappa shape index (κ1) is 14.4. The summed E-state index contributed by atoms with van der Waals surface area (Å²) < 4.78 is 4.69. The van der Waals surface area contributed by atoms with Crippen molar-refractivity contribution in [3.05, 3.63) is 0 Å². The van der Waals surface area contributed by atoms with Crippen LogP contribution >= 0.6 is 0 Å². The number of methoxy groups -OCH3 is 1. The van der Waals surface area contributed by atoms with Gasteiger partial charge in [-0.2, -0.15) is 0 Å². The molecule has 2 atom stereocenters. The molecule has 0 saturated carbocycles. The molecule has 90 valence electrons. The molecule has 0 bridgehead atoms. The molecule has 3 heteroatoms. The van der Waals surface area contributed by atoms with Crippen molar-refractivity contribution in [1.82, 2.24) is 5.32 Å². The van der Waals surface area contributed by atoms with Crippen LogP contribution in [0.25, 0.3) is 0 Å². The van der Waals surface area contributed by atoms with Crippen LogP contribution < -0.4 is 5.32 Å². The lowest BCUT2D eigenvalue weighted by molar-refractivity contribution is -0.145. The highest BCUT2D eigenvalue weighted by Gasteiger charge is 2.16. The van der Waals surface area contributed by atoms with Crippen molar-refractivity contribution >= 4 is 5.97 Å². The molecule has 0 aromatic rings. The first-order valence-electron chi connectivity index (χ1n) is 5.78. The van der Waals surface area contributed by atoms with E-state index >= 15 is 0 Å². The molecular weight excluding hydrogens is 190 g/mol. The summed E-state index contributed by atoms with van der Waals surface area (Å²) in [7, 11) is 1.44. The normalized spacial score (nSPS) is 15.1. The molecule has 0 aliphatic rings. The summed E-state index contributed by atoms with van der Waals surface area (Å²) in [5.41, 5.74) is 0. The van der Waals surface area contributed by atoms with Gasteiger partial charge in [0.2, 0.25) is 0 Å². The van der Waals surface area contributed by atoms with Gasteiger partial charge in [0, 0.05) is 6.04 Å². The van der Waals surface area contributed by atoms with Gasteiger partial charge in [-0.05, 0) is 32.2 Å². The quantitative estimate of drug-likeness (QED) is 0.662. The van der Waals surface area contributed by atoms with Crippen LogP contribution in [0.1, 0.15) is 40.5 Å². The minimum absolute atomic E-state index is 0.0171. The Bertz CT molecular complexity index is 180. The largest absolute Gasteiger partial charge is 0.469 e. The van der Waals surface area contributed by atoms with Crippen molar-refractivity contribution < 1.29 is 9.53 Å². The van der Waals surface area contributed by atoms with Gasteiger partial charge in [-0.1, -0.05) is 20.8 Å². The molecule has 3 nitrogen and oxygen atoms in total. The van der Waals surface area contributed by atoms with E-state index in [1.807, 2.05) is 6.92 Å². The second-order valence-corrected chi connectivity index (χ2v) is 4.70. The van der Waals surface area contributed by atoms with Crippen LogP contribution in [0.4, 0.5) is 0 Å². The Morgan fingerprint density at radius 3 is 2.33 bits per heavy atom. The van der Waals surface area contributed by atoms with E-state index in [4.69, 9.17) is 0 Å². The van der Waals surface area contributed by atoms with Gasteiger partial charge < -0.3 is 10.1 Å². The molecule has 0 amide bonds. The molecule has 0 fully saturated rings. The van der Waals surface area contributed by atoms with E-state index in [0.717, 1.165) is 18.9 Å². The van der Waals surface area contributed by atoms with E-state index < -0.39 is 0 Å². The van der Waals surface area contributed by atoms with Crippen LogP contribution in [-0.4, -0.2) is 25.7 Å². The number of nitrogens with one attached hydrogen (secondary N) is 1. The maximum atomic E-state index is 11.2. The number of hydrogen-bond donors (Lipinski definition) is 1. The van der Waals surface area contributed by atoms with Gasteiger partial charge in [0.1, 0.15) is 0 Å². The molecule has 0 saturated heterocycles. The Labute approximate surface area is 93.6 Å². The van der Waals surface area contributed by atoms with Crippen molar-refractivity contribution in [1.29, 1.82) is 0 Å². The predicted molar refractivity (Wildman–Crippen MR) is 62.7 cm³/mol. The second-order valence-electron chi connectivity index (χ2n) is 4.70. The van der Waals surface area contributed by atoms with E-state index in [1.54, 1.807) is 0 Å². The van der Waals surface area contributed by atoms with Crippen molar-refractivity contribution in [3.8, 4) is 0 Å². The summed E-state index contributed by atoms with van der Waals surface area (Å²) in [4.78, 5) is 11.2. The Hall–Kier alpha value is -0.570. The number of rotatable bonds is 7. The average molecular weight is 215 g/mol. The lowest BCUT2D eigenvalue weighted by Crippen LogP contribution is -2.31. The highest BCUT2D eigenvalue weighted by molar-refractivity contribution is 5.71. The lowest BCUT2D eigenvalue weighted by atomic mass is 10.0. The summed E-state index contributed by atoms with van der Waals surface area (Å²) in [6.07, 6.45) is 2.02. The Morgan fingerprint density at radius 1 is 1.27 bits per heavy atom. The van der Waals surface area contributed by atoms with E-state index in [0.29, 0.717) is 6.04 Å². The number of carbonyl (C=O) groups excluding carboxylic acids is 1. The van der Waals surface area contributed by atoms with Gasteiger partial charge in [0.25, 0.3) is 0 Å². The number of esters is 1. The third-order valence-electron chi connectivity index (χ3n) is 2.53. The molecule has 0 aliphatic carbocycles. The molecule has 15 heavy (non-hydrogen) atoms. The topological polar surface area (TPSA) is 38.3 Å². The maximum Gasteiger partial charge on any atom is 0.308 e. The molecule has 0 aliphatic heterocycles. The molecular formula is C12H25NO2. The van der Waals surface area contributed by atoms with Gasteiger partial charge in [-0.25, -0.2) is 0 Å². The zero-order valence-electron chi connectivity index (χ0n) is 10.7. The third-order valence-corrected chi connectivity index (χ3v) is 2.53. The van der Waals surface area contributed by atoms with Crippen molar-refractivity contribution in [2.45, 2.75) is 46.6 Å². The van der Waals surface area contributed by atoms with Gasteiger partial charge in [0.05, 0.1) is 13.0 Å². The smallest absolute Gasteiger partial charge is 0.308 e. The highest BCUT2D eigenvalue weighted by Crippen LogP contribution is 2.08. The molecule has 0 rings (SSSR count). The number of carbonyl (C=O) groups is 1. The maximum absolute atomic E-state index is 11.2. The van der Waals surface area contributed by atoms with Gasteiger partial charge >= 0.3 is 5.97 Å². The fraction of sp³-hybridized carbons (Fsp3) is 0.917. The minimum atomic E-state index is -0.118. The minimum Gasteiger partial charge on any atom is -0.469 e. The molecule has 0 aromatic carbocycles. The zero-order chi connectivity index (χ0) is 11.8. The fourth-order valence-corrected chi connectivity index (χ4v) is 1.53. The fourth-order valence-electron chi connectivity index (χ4n) is 1.53. The number of hydrogen-bond acceptors (Lipinski definition) is 3. The second kappa shape index (κ2) is 7.69. The van der Waals surface area contributed by atoms with Crippen molar-refractivity contribution in [2.75, 3.05) is 13.7 Å². The molecule has 1 N–H and O–H groups in total. The zero-order valence-corrected chi connectivity index (χ0v) is 10.7. The Kier molecular flexibility index (Phi) is 7.39. The third kappa shape index (κ3) is 7.37. The standard InChI is InChI=1S/C12H25NO2/c1-9(2)6-7-13-11(4)8-10(3)12(14)15-5/h9-11,13H,6-8H2,1-5H3. The van der Waals surface area contributed by atoms with Gasteiger partial charge in [-0.15, -0.1) is 0 Å². The van der Waals surface area contributed by atoms with Gasteiger partial charge in [-0.3, -0.25) is 4.79 Å². The van der Waals surface area contributed by atoms with E-state index in [2.05, 4.69) is 30.8 Å². The van der Waals surface area contributed by atoms with Crippen LogP contribution in [0.3, 0.4) is 0 Å². The predicted octanol–water partition coefficient (Wildman–Crippen LogP) is 2.21. The first-order chi connectivity index (χ1) is 6.97. The molecule has 0 aromatic heterocycles. The van der Waals surface area contributed by atoms with Crippen LogP contribution in [0, 0.1) is 11.8 Å². The van der Waals surface area contributed by atoms with E-state index in [1.165, 1.54) is 13.5 Å². The van der Waals surface area contributed by atoms with Gasteiger partial charge in [0.15, 0.2) is 0 Å². The van der Waals surface area contributed by atoms with Crippen molar-refractivity contribution in [3.63, 3.8) is 0 Å². The Morgan fingerprint density at radius 2 is 1.87 bits per heavy atom. The van der Waals surface area contributed by atoms with Crippen LogP contribution in [0.2, 0.25) is 0 Å². The van der Waals surface area contributed by atoms with Crippen LogP contribution in [0.5, 0.6) is 0 Å². The Balaban J connectivity index is 3.64. The summed E-state index contributed by atoms with van der Waals surface area (Å²) in [5.74, 6) is 0.590. The summed E-state index contributed by atoms with van der Waals surface area (Å²) in [6, 6.07) is 0.373. The molecule has 2 unspecified atom stereocenters. The monoisotopic (exact) mass is 215 g/mol. The van der Waals surface area contributed by atoms with Crippen molar-refractivity contribution in [2.24, 2.45) is 11.8 Å². The highest BCUT2D eigenvalue weighted by atomic mass is 16.5. The average Bonchev–Trinajstić information content (AvgIpc) is 2.15. The first-order valence-corrected chi connectivity index (χ1v) is 5.78. The van der Waals surface area contributed by atoms with Crippen LogP contribution in [0.15, 0.2) is 0 Å². The summed E-state index contributed by atoms with van der Waals surface area (Å²) >= 11 is 0. The molecule has 0 heterocycles. The summed E-state index contributed by atoms with van der Waals surface area (Å²) in [6.45, 7) is 9.46. The molecule has 0 spiro atoms. The molecule has 0 radical (unpaired) electrons. The van der Waals surface area contributed by atoms with Crippen LogP contribution in [-0.2, 0) is 9.53 Å². The lowest BCUT2D eigenvalue weighted by Gasteiger charge is -2.17.